The first-order valence-electron chi connectivity index (χ1n) is 3.76. The first-order valence-corrected chi connectivity index (χ1v) is 3.76. The fourth-order valence-corrected chi connectivity index (χ4v) is 0.877. The predicted octanol–water partition coefficient (Wildman–Crippen LogP) is 2.26. The second kappa shape index (κ2) is 4.40. The smallest absolute Gasteiger partial charge is 0.125 e. The Labute approximate surface area is 71.6 Å². The summed E-state index contributed by atoms with van der Waals surface area (Å²) in [4.78, 5) is 0. The number of benzene rings is 1. The lowest BCUT2D eigenvalue weighted by atomic mass is 10.3. The van der Waals surface area contributed by atoms with Crippen LogP contribution < -0.4 is 5.32 Å². The normalized spacial score (nSPS) is 9.00. The number of rotatable bonds is 3. The van der Waals surface area contributed by atoms with Crippen LogP contribution in [0.1, 0.15) is 6.42 Å². The Hall–Kier alpha value is -1.49. The topological polar surface area (TPSA) is 12.0 Å². The van der Waals surface area contributed by atoms with Gasteiger partial charge in [0.05, 0.1) is 0 Å². The van der Waals surface area contributed by atoms with Crippen molar-refractivity contribution in [3.05, 3.63) is 30.1 Å². The van der Waals surface area contributed by atoms with Gasteiger partial charge >= 0.3 is 0 Å². The van der Waals surface area contributed by atoms with Crippen LogP contribution in [-0.2, 0) is 0 Å². The molecule has 0 radical (unpaired) electrons. The predicted molar refractivity (Wildman–Crippen MR) is 48.3 cm³/mol. The Bertz CT molecular complexity index is 288. The number of anilines is 1. The van der Waals surface area contributed by atoms with Gasteiger partial charge in [-0.3, -0.25) is 0 Å². The van der Waals surface area contributed by atoms with Gasteiger partial charge in [-0.05, 0) is 18.2 Å². The van der Waals surface area contributed by atoms with Gasteiger partial charge in [0.1, 0.15) is 5.82 Å². The minimum Gasteiger partial charge on any atom is -0.384 e. The highest BCUT2D eigenvalue weighted by Gasteiger charge is 1.91. The molecule has 0 aliphatic rings. The van der Waals surface area contributed by atoms with Gasteiger partial charge in [-0.25, -0.2) is 4.39 Å². The number of terminal acetylenes is 1. The summed E-state index contributed by atoms with van der Waals surface area (Å²) >= 11 is 0. The Morgan fingerprint density at radius 3 is 3.00 bits per heavy atom. The van der Waals surface area contributed by atoms with Gasteiger partial charge in [0, 0.05) is 18.7 Å². The Kier molecular flexibility index (Phi) is 3.16. The molecule has 0 bridgehead atoms. The minimum atomic E-state index is -0.235. The zero-order valence-corrected chi connectivity index (χ0v) is 6.68. The van der Waals surface area contributed by atoms with E-state index in [0.29, 0.717) is 13.0 Å². The summed E-state index contributed by atoms with van der Waals surface area (Å²) in [7, 11) is 0. The fourth-order valence-electron chi connectivity index (χ4n) is 0.877. The summed E-state index contributed by atoms with van der Waals surface area (Å²) in [6.07, 6.45) is 5.71. The van der Waals surface area contributed by atoms with Crippen LogP contribution in [0.15, 0.2) is 24.3 Å². The molecule has 0 heterocycles. The summed E-state index contributed by atoms with van der Waals surface area (Å²) in [5.41, 5.74) is 0.769. The molecule has 0 atom stereocenters. The van der Waals surface area contributed by atoms with Gasteiger partial charge in [0.15, 0.2) is 0 Å². The molecule has 0 spiro atoms. The van der Waals surface area contributed by atoms with Crippen LogP contribution >= 0.6 is 0 Å². The van der Waals surface area contributed by atoms with Crippen molar-refractivity contribution in [3.8, 4) is 12.3 Å². The van der Waals surface area contributed by atoms with Crippen molar-refractivity contribution in [1.29, 1.82) is 0 Å². The molecule has 0 amide bonds. The number of nitrogens with one attached hydrogen (secondary N) is 1. The summed E-state index contributed by atoms with van der Waals surface area (Å²) in [6.45, 7) is 0.681. The number of hydrogen-bond donors (Lipinski definition) is 1. The summed E-state index contributed by atoms with van der Waals surface area (Å²) < 4.78 is 12.6. The Morgan fingerprint density at radius 2 is 2.33 bits per heavy atom. The molecule has 0 saturated carbocycles. The summed E-state index contributed by atoms with van der Waals surface area (Å²) in [5, 5.41) is 3.00. The third-order valence-corrected chi connectivity index (χ3v) is 1.42. The van der Waals surface area contributed by atoms with E-state index >= 15 is 0 Å². The van der Waals surface area contributed by atoms with E-state index in [-0.39, 0.29) is 5.82 Å². The Balaban J connectivity index is 2.48. The lowest BCUT2D eigenvalue weighted by Crippen LogP contribution is -1.99. The molecular formula is C10H10FN. The zero-order valence-electron chi connectivity index (χ0n) is 6.68. The second-order valence-corrected chi connectivity index (χ2v) is 2.39. The van der Waals surface area contributed by atoms with Crippen LogP contribution in [0.4, 0.5) is 10.1 Å². The van der Waals surface area contributed by atoms with E-state index in [1.54, 1.807) is 12.1 Å². The maximum absolute atomic E-state index is 12.6. The molecule has 12 heavy (non-hydrogen) atoms. The molecule has 1 aromatic carbocycles. The largest absolute Gasteiger partial charge is 0.384 e. The van der Waals surface area contributed by atoms with Crippen LogP contribution in [0.5, 0.6) is 0 Å². The quantitative estimate of drug-likeness (QED) is 0.532. The van der Waals surface area contributed by atoms with Crippen molar-refractivity contribution >= 4 is 5.69 Å². The van der Waals surface area contributed by atoms with Crippen molar-refractivity contribution < 1.29 is 4.39 Å². The molecule has 0 aromatic heterocycles. The minimum absolute atomic E-state index is 0.235. The molecule has 1 rings (SSSR count). The highest BCUT2D eigenvalue weighted by Crippen LogP contribution is 2.08. The van der Waals surface area contributed by atoms with E-state index < -0.39 is 0 Å². The average Bonchev–Trinajstić information content (AvgIpc) is 2.05. The fraction of sp³-hybridized carbons (Fsp3) is 0.200. The van der Waals surface area contributed by atoms with Gasteiger partial charge < -0.3 is 5.32 Å². The molecule has 1 N–H and O–H groups in total. The average molecular weight is 163 g/mol. The molecule has 0 saturated heterocycles. The van der Waals surface area contributed by atoms with Crippen molar-refractivity contribution in [3.63, 3.8) is 0 Å². The van der Waals surface area contributed by atoms with Crippen LogP contribution in [0, 0.1) is 18.2 Å². The van der Waals surface area contributed by atoms with Crippen molar-refractivity contribution in [2.24, 2.45) is 0 Å². The molecule has 2 heteroatoms. The van der Waals surface area contributed by atoms with Gasteiger partial charge in [-0.15, -0.1) is 12.3 Å². The molecule has 0 fully saturated rings. The second-order valence-electron chi connectivity index (χ2n) is 2.39. The maximum atomic E-state index is 12.6. The van der Waals surface area contributed by atoms with E-state index in [9.17, 15) is 4.39 Å². The van der Waals surface area contributed by atoms with Crippen LogP contribution in [-0.4, -0.2) is 6.54 Å². The molecule has 0 aliphatic carbocycles. The maximum Gasteiger partial charge on any atom is 0.125 e. The van der Waals surface area contributed by atoms with Gasteiger partial charge in [0.2, 0.25) is 0 Å². The van der Waals surface area contributed by atoms with E-state index in [0.717, 1.165) is 5.69 Å². The monoisotopic (exact) mass is 163 g/mol. The first kappa shape index (κ1) is 8.61. The van der Waals surface area contributed by atoms with E-state index in [2.05, 4.69) is 11.2 Å². The zero-order chi connectivity index (χ0) is 8.81. The lowest BCUT2D eigenvalue weighted by molar-refractivity contribution is 0.628. The molecular weight excluding hydrogens is 153 g/mol. The van der Waals surface area contributed by atoms with Crippen LogP contribution in [0.2, 0.25) is 0 Å². The molecule has 62 valence electrons. The number of hydrogen-bond acceptors (Lipinski definition) is 1. The highest BCUT2D eigenvalue weighted by atomic mass is 19.1. The summed E-state index contributed by atoms with van der Waals surface area (Å²) in [5.74, 6) is 2.26. The highest BCUT2D eigenvalue weighted by molar-refractivity contribution is 5.42. The first-order chi connectivity index (χ1) is 5.83. The van der Waals surface area contributed by atoms with Gasteiger partial charge in [0.25, 0.3) is 0 Å². The van der Waals surface area contributed by atoms with E-state index in [1.165, 1.54) is 12.1 Å². The molecule has 0 aliphatic heterocycles. The summed E-state index contributed by atoms with van der Waals surface area (Å²) in [6, 6.07) is 6.32. The third kappa shape index (κ3) is 2.63. The Morgan fingerprint density at radius 1 is 1.50 bits per heavy atom. The van der Waals surface area contributed by atoms with E-state index in [1.807, 2.05) is 0 Å². The van der Waals surface area contributed by atoms with E-state index in [4.69, 9.17) is 6.42 Å². The standard InChI is InChI=1S/C10H10FN/c1-2-3-7-12-10-6-4-5-9(11)8-10/h1,4-6,8,12H,3,7H2. The van der Waals surface area contributed by atoms with Crippen molar-refractivity contribution in [1.82, 2.24) is 0 Å². The van der Waals surface area contributed by atoms with Crippen molar-refractivity contribution in [2.75, 3.05) is 11.9 Å². The number of halogens is 1. The lowest BCUT2D eigenvalue weighted by Gasteiger charge is -2.02. The molecule has 1 nitrogen and oxygen atoms in total. The molecule has 1 aromatic rings. The van der Waals surface area contributed by atoms with Crippen LogP contribution in [0.25, 0.3) is 0 Å². The third-order valence-electron chi connectivity index (χ3n) is 1.42. The van der Waals surface area contributed by atoms with Gasteiger partial charge in [-0.2, -0.15) is 0 Å². The SMILES string of the molecule is C#CCCNc1cccc(F)c1. The van der Waals surface area contributed by atoms with Crippen LogP contribution in [0.3, 0.4) is 0 Å². The molecule has 0 unspecified atom stereocenters. The van der Waals surface area contributed by atoms with Gasteiger partial charge in [-0.1, -0.05) is 6.07 Å². The van der Waals surface area contributed by atoms with Crippen molar-refractivity contribution in [2.45, 2.75) is 6.42 Å².